The second kappa shape index (κ2) is 15.9. The summed E-state index contributed by atoms with van der Waals surface area (Å²) in [5, 5.41) is 17.6. The van der Waals surface area contributed by atoms with Crippen molar-refractivity contribution in [2.24, 2.45) is 0 Å². The highest BCUT2D eigenvalue weighted by Gasteiger charge is 2.45. The molecular weight excluding hydrogens is 787 g/mol. The number of hydrogen-bond acceptors (Lipinski definition) is 11. The molecule has 1 saturated heterocycles. The van der Waals surface area contributed by atoms with E-state index in [1.165, 1.54) is 0 Å². The molecule has 3 aromatic heterocycles. The van der Waals surface area contributed by atoms with Crippen LogP contribution in [-0.4, -0.2) is 70.5 Å². The van der Waals surface area contributed by atoms with E-state index >= 15 is 0 Å². The van der Waals surface area contributed by atoms with Crippen LogP contribution in [0.15, 0.2) is 122 Å². The molecule has 0 spiro atoms. The summed E-state index contributed by atoms with van der Waals surface area (Å²) in [7, 11) is 0. The van der Waals surface area contributed by atoms with Gasteiger partial charge in [-0.1, -0.05) is 65.9 Å². The molecule has 1 atom stereocenters. The fourth-order valence-corrected chi connectivity index (χ4v) is 7.64. The molecule has 15 heteroatoms. The fraction of sp³-hybridized carbons (Fsp3) is 0.191. The van der Waals surface area contributed by atoms with Crippen molar-refractivity contribution >= 4 is 52.4 Å². The maximum absolute atomic E-state index is 13.5. The predicted molar refractivity (Wildman–Crippen MR) is 231 cm³/mol. The van der Waals surface area contributed by atoms with Gasteiger partial charge in [0, 0.05) is 29.6 Å². The Balaban J connectivity index is 0.914. The average molecular weight is 828 g/mol. The molecule has 4 aromatic carbocycles. The Bertz CT molecular complexity index is 2900. The van der Waals surface area contributed by atoms with E-state index in [4.69, 9.17) is 9.72 Å². The minimum Gasteiger partial charge on any atom is -0.456 e. The highest BCUT2D eigenvalue weighted by Crippen LogP contribution is 2.35. The van der Waals surface area contributed by atoms with E-state index in [0.29, 0.717) is 23.5 Å². The third-order valence-corrected chi connectivity index (χ3v) is 10.6. The van der Waals surface area contributed by atoms with Gasteiger partial charge in [0.1, 0.15) is 34.5 Å². The van der Waals surface area contributed by atoms with Gasteiger partial charge < -0.3 is 15.4 Å². The molecule has 9 rings (SSSR count). The van der Waals surface area contributed by atoms with E-state index in [9.17, 15) is 24.0 Å². The Labute approximate surface area is 355 Å². The van der Waals surface area contributed by atoms with Crippen LogP contribution in [0.25, 0.3) is 28.0 Å². The van der Waals surface area contributed by atoms with E-state index in [-0.39, 0.29) is 36.5 Å². The van der Waals surface area contributed by atoms with Crippen LogP contribution < -0.4 is 16.0 Å². The Morgan fingerprint density at radius 2 is 1.63 bits per heavy atom. The second-order valence-corrected chi connectivity index (χ2v) is 16.2. The number of pyridine rings is 1. The van der Waals surface area contributed by atoms with E-state index in [2.05, 4.69) is 50.5 Å². The monoisotopic (exact) mass is 827 g/mol. The number of rotatable bonds is 11. The molecule has 2 aliphatic rings. The molecule has 0 saturated carbocycles. The van der Waals surface area contributed by atoms with Crippen LogP contribution in [0.3, 0.4) is 0 Å². The zero-order valence-electron chi connectivity index (χ0n) is 34.1. The molecule has 4 amide bonds. The highest BCUT2D eigenvalue weighted by molar-refractivity contribution is 6.25. The minimum absolute atomic E-state index is 0.0432. The molecule has 5 heterocycles. The fourth-order valence-electron chi connectivity index (χ4n) is 7.64. The number of esters is 1. The van der Waals surface area contributed by atoms with Gasteiger partial charge in [-0.3, -0.25) is 33.8 Å². The summed E-state index contributed by atoms with van der Waals surface area (Å²) >= 11 is 0. The number of fused-ring (bicyclic) bond motifs is 2. The number of carbonyl (C=O) groups excluding carboxylic acids is 5. The third kappa shape index (κ3) is 7.90. The predicted octanol–water partition coefficient (Wildman–Crippen LogP) is 7.02. The van der Waals surface area contributed by atoms with Gasteiger partial charge in [-0.25, -0.2) is 14.5 Å². The number of nitrogens with one attached hydrogen (secondary N) is 3. The van der Waals surface area contributed by atoms with Gasteiger partial charge in [0.25, 0.3) is 11.8 Å². The van der Waals surface area contributed by atoms with Crippen molar-refractivity contribution in [3.8, 4) is 22.4 Å². The van der Waals surface area contributed by atoms with E-state index in [1.54, 1.807) is 41.2 Å². The molecule has 1 fully saturated rings. The molecule has 3 N–H and O–H groups in total. The van der Waals surface area contributed by atoms with E-state index < -0.39 is 35.3 Å². The first kappa shape index (κ1) is 39.5. The number of amides is 4. The van der Waals surface area contributed by atoms with Crippen molar-refractivity contribution in [1.82, 2.24) is 34.6 Å². The number of imidazole rings is 1. The topological polar surface area (TPSA) is 182 Å². The summed E-state index contributed by atoms with van der Waals surface area (Å²) in [6.07, 6.45) is 3.92. The molecule has 15 nitrogen and oxygen atoms in total. The number of imide groups is 2. The Morgan fingerprint density at radius 3 is 2.37 bits per heavy atom. The van der Waals surface area contributed by atoms with Crippen molar-refractivity contribution in [3.05, 3.63) is 150 Å². The van der Waals surface area contributed by atoms with Crippen LogP contribution in [0.1, 0.15) is 75.9 Å². The largest absolute Gasteiger partial charge is 0.456 e. The number of hydrogen-bond donors (Lipinski definition) is 3. The Morgan fingerprint density at radius 1 is 0.855 bits per heavy atom. The summed E-state index contributed by atoms with van der Waals surface area (Å²) in [5.41, 5.74) is 7.48. The van der Waals surface area contributed by atoms with Gasteiger partial charge in [0.05, 0.1) is 36.0 Å². The van der Waals surface area contributed by atoms with Crippen molar-refractivity contribution in [3.63, 3.8) is 0 Å². The number of anilines is 3. The molecule has 0 bridgehead atoms. The molecule has 62 heavy (non-hydrogen) atoms. The van der Waals surface area contributed by atoms with Gasteiger partial charge in [-0.2, -0.15) is 0 Å². The molecular formula is C47H41N9O6. The zero-order valence-corrected chi connectivity index (χ0v) is 34.1. The zero-order chi connectivity index (χ0) is 43.1. The lowest BCUT2D eigenvalue weighted by atomic mass is 10.0. The van der Waals surface area contributed by atoms with E-state index in [0.717, 1.165) is 50.0 Å². The molecule has 1 unspecified atom stereocenters. The number of carbonyl (C=O) groups is 5. The summed E-state index contributed by atoms with van der Waals surface area (Å²) in [4.78, 5) is 69.7. The first-order valence-electron chi connectivity index (χ1n) is 20.1. The lowest BCUT2D eigenvalue weighted by Crippen LogP contribution is -2.54. The standard InChI is InChI=1S/C47H41N9O6/c1-47(2,3)62-46(61)31-16-18-33(19-17-31)49-42-41(50-38-24-32(22-23-55(38)42)29-8-5-4-6-9-29)30-14-12-28(13-15-30)26-54-27-34(52-53-54)25-48-36-11-7-10-35-40(36)45(60)56(44(35)59)37-20-21-39(57)51-43(37)58/h4-19,22-24,27,37,48-49H,20-21,25-26H2,1-3H3,(H,51,57,58). The van der Waals surface area contributed by atoms with Crippen LogP contribution in [0, 0.1) is 0 Å². The maximum Gasteiger partial charge on any atom is 0.338 e. The SMILES string of the molecule is CC(C)(C)OC(=O)c1ccc(Nc2c(-c3ccc(Cn4cc(CNc5cccc6c5C(=O)N(C5CCC(=O)NC5=O)C6=O)nn4)cc3)nc3cc(-c4ccccc4)ccn23)cc1. The lowest BCUT2D eigenvalue weighted by molar-refractivity contribution is -0.136. The van der Waals surface area contributed by atoms with Gasteiger partial charge in [-0.15, -0.1) is 5.10 Å². The number of piperidine rings is 1. The van der Waals surface area contributed by atoms with Gasteiger partial charge in [-0.05, 0) is 92.4 Å². The highest BCUT2D eigenvalue weighted by atomic mass is 16.6. The number of aromatic nitrogens is 5. The van der Waals surface area contributed by atoms with Crippen molar-refractivity contribution in [1.29, 1.82) is 0 Å². The van der Waals surface area contributed by atoms with Crippen LogP contribution in [0.4, 0.5) is 17.2 Å². The Hall–Kier alpha value is -7.94. The van der Waals surface area contributed by atoms with Gasteiger partial charge in [0.15, 0.2) is 0 Å². The first-order valence-corrected chi connectivity index (χ1v) is 20.1. The number of benzene rings is 4. The van der Waals surface area contributed by atoms with Gasteiger partial charge in [0.2, 0.25) is 11.8 Å². The third-order valence-electron chi connectivity index (χ3n) is 10.6. The van der Waals surface area contributed by atoms with Crippen LogP contribution >= 0.6 is 0 Å². The number of ether oxygens (including phenoxy) is 1. The molecule has 7 aromatic rings. The minimum atomic E-state index is -1.05. The van der Waals surface area contributed by atoms with Crippen molar-refractivity contribution < 1.29 is 28.7 Å². The van der Waals surface area contributed by atoms with Crippen LogP contribution in [0.2, 0.25) is 0 Å². The molecule has 0 radical (unpaired) electrons. The van der Waals surface area contributed by atoms with Crippen molar-refractivity contribution in [2.75, 3.05) is 10.6 Å². The van der Waals surface area contributed by atoms with Crippen molar-refractivity contribution in [2.45, 2.75) is 58.3 Å². The maximum atomic E-state index is 13.5. The quantitative estimate of drug-likeness (QED) is 0.0901. The summed E-state index contributed by atoms with van der Waals surface area (Å²) in [6.45, 7) is 6.16. The molecule has 0 aliphatic carbocycles. The Kier molecular flexibility index (Phi) is 10.1. The van der Waals surface area contributed by atoms with Gasteiger partial charge >= 0.3 is 5.97 Å². The normalized spacial score (nSPS) is 15.1. The number of nitrogens with zero attached hydrogens (tertiary/aromatic N) is 6. The average Bonchev–Trinajstić information content (AvgIpc) is 3.94. The molecule has 2 aliphatic heterocycles. The second-order valence-electron chi connectivity index (χ2n) is 16.2. The van der Waals surface area contributed by atoms with Crippen LogP contribution in [0.5, 0.6) is 0 Å². The van der Waals surface area contributed by atoms with E-state index in [1.807, 2.05) is 86.0 Å². The first-order chi connectivity index (χ1) is 29.9. The smallest absolute Gasteiger partial charge is 0.338 e. The summed E-state index contributed by atoms with van der Waals surface area (Å²) < 4.78 is 9.27. The molecule has 310 valence electrons. The lowest BCUT2D eigenvalue weighted by Gasteiger charge is -2.27. The van der Waals surface area contributed by atoms with Crippen LogP contribution in [-0.2, 0) is 27.4 Å². The summed E-state index contributed by atoms with van der Waals surface area (Å²) in [6, 6.07) is 33.3. The summed E-state index contributed by atoms with van der Waals surface area (Å²) in [5.74, 6) is -1.89.